The van der Waals surface area contributed by atoms with Gasteiger partial charge in [0.2, 0.25) is 0 Å². The van der Waals surface area contributed by atoms with Gasteiger partial charge in [0.05, 0.1) is 12.6 Å². The van der Waals surface area contributed by atoms with Crippen LogP contribution in [-0.2, 0) is 6.54 Å². The lowest BCUT2D eigenvalue weighted by molar-refractivity contribution is 0.0410. The number of likely N-dealkylation sites (tertiary alicyclic amines) is 1. The second-order valence-corrected chi connectivity index (χ2v) is 6.05. The Kier molecular flexibility index (Phi) is 3.07. The quantitative estimate of drug-likeness (QED) is 0.849. The van der Waals surface area contributed by atoms with E-state index < -0.39 is 0 Å². The molecule has 18 heavy (non-hydrogen) atoms. The minimum absolute atomic E-state index is 0.0378. The number of rotatable bonds is 4. The molecule has 1 atom stereocenters. The van der Waals surface area contributed by atoms with Crippen molar-refractivity contribution >= 4 is 0 Å². The molecular weight excluding hydrogens is 230 g/mol. The smallest absolute Gasteiger partial charge is 0.165 e. The van der Waals surface area contributed by atoms with Crippen molar-refractivity contribution in [3.05, 3.63) is 5.82 Å². The Bertz CT molecular complexity index is 416. The van der Waals surface area contributed by atoms with Gasteiger partial charge in [-0.05, 0) is 42.7 Å². The molecule has 6 nitrogen and oxygen atoms in total. The number of nitrogens with zero attached hydrogens (tertiary/aromatic N) is 5. The number of hydrogen-bond donors (Lipinski definition) is 1. The zero-order valence-electron chi connectivity index (χ0n) is 10.9. The molecule has 0 aromatic carbocycles. The molecule has 100 valence electrons. The van der Waals surface area contributed by atoms with Crippen LogP contribution in [-0.4, -0.2) is 49.9 Å². The van der Waals surface area contributed by atoms with Gasteiger partial charge in [0.15, 0.2) is 5.82 Å². The third-order valence-electron chi connectivity index (χ3n) is 4.06. The Morgan fingerprint density at radius 1 is 1.44 bits per heavy atom. The van der Waals surface area contributed by atoms with Gasteiger partial charge >= 0.3 is 0 Å². The van der Waals surface area contributed by atoms with E-state index in [0.717, 1.165) is 38.3 Å². The topological polar surface area (TPSA) is 67.1 Å². The maximum absolute atomic E-state index is 9.47. The Labute approximate surface area is 107 Å². The fourth-order valence-electron chi connectivity index (χ4n) is 2.81. The number of aromatic nitrogens is 4. The molecule has 0 spiro atoms. The molecule has 0 radical (unpaired) electrons. The van der Waals surface area contributed by atoms with Crippen molar-refractivity contribution in [1.29, 1.82) is 0 Å². The van der Waals surface area contributed by atoms with Gasteiger partial charge in [0, 0.05) is 18.6 Å². The van der Waals surface area contributed by atoms with Crippen LogP contribution in [0.3, 0.4) is 0 Å². The lowest BCUT2D eigenvalue weighted by Gasteiger charge is -2.39. The zero-order chi connectivity index (χ0) is 12.6. The van der Waals surface area contributed by atoms with Crippen molar-refractivity contribution in [2.24, 2.45) is 5.41 Å². The molecule has 1 aliphatic carbocycles. The van der Waals surface area contributed by atoms with Gasteiger partial charge < -0.3 is 5.11 Å². The summed E-state index contributed by atoms with van der Waals surface area (Å²) in [6.45, 7) is 5.23. The first-order valence-electron chi connectivity index (χ1n) is 6.80. The lowest BCUT2D eigenvalue weighted by Crippen LogP contribution is -2.43. The van der Waals surface area contributed by atoms with Crippen molar-refractivity contribution < 1.29 is 5.11 Å². The van der Waals surface area contributed by atoms with E-state index in [2.05, 4.69) is 27.3 Å². The minimum Gasteiger partial charge on any atom is -0.396 e. The lowest BCUT2D eigenvalue weighted by atomic mass is 9.83. The summed E-state index contributed by atoms with van der Waals surface area (Å²) in [5.41, 5.74) is 0.0378. The first-order chi connectivity index (χ1) is 8.70. The third kappa shape index (κ3) is 2.40. The van der Waals surface area contributed by atoms with Crippen LogP contribution in [0.1, 0.15) is 44.5 Å². The van der Waals surface area contributed by atoms with Crippen molar-refractivity contribution in [3.63, 3.8) is 0 Å². The second kappa shape index (κ2) is 4.59. The molecular formula is C12H21N5O. The SMILES string of the molecule is CC1(CO)CCCN(Cc2nnnn2C2CC2)C1. The number of tetrazole rings is 1. The molecule has 2 aliphatic rings. The van der Waals surface area contributed by atoms with Crippen LogP contribution in [0.25, 0.3) is 0 Å². The van der Waals surface area contributed by atoms with Crippen LogP contribution in [0, 0.1) is 5.41 Å². The zero-order valence-corrected chi connectivity index (χ0v) is 10.9. The van der Waals surface area contributed by atoms with Crippen LogP contribution in [0.4, 0.5) is 0 Å². The van der Waals surface area contributed by atoms with Crippen LogP contribution in [0.15, 0.2) is 0 Å². The molecule has 6 heteroatoms. The molecule has 0 bridgehead atoms. The minimum atomic E-state index is 0.0378. The average Bonchev–Trinajstić information content (AvgIpc) is 3.11. The Balaban J connectivity index is 1.66. The van der Waals surface area contributed by atoms with Gasteiger partial charge in [-0.3, -0.25) is 4.90 Å². The molecule has 1 aromatic rings. The summed E-state index contributed by atoms with van der Waals surface area (Å²) in [7, 11) is 0. The van der Waals surface area contributed by atoms with Gasteiger partial charge in [-0.1, -0.05) is 6.92 Å². The summed E-state index contributed by atoms with van der Waals surface area (Å²) in [6.07, 6.45) is 4.65. The highest BCUT2D eigenvalue weighted by Gasteiger charge is 2.32. The van der Waals surface area contributed by atoms with Crippen molar-refractivity contribution in [2.45, 2.75) is 45.2 Å². The predicted octanol–water partition coefficient (Wildman–Crippen LogP) is 0.602. The largest absolute Gasteiger partial charge is 0.396 e. The molecule has 1 aromatic heterocycles. The first-order valence-corrected chi connectivity index (χ1v) is 6.80. The average molecular weight is 251 g/mol. The molecule has 3 rings (SSSR count). The van der Waals surface area contributed by atoms with E-state index >= 15 is 0 Å². The monoisotopic (exact) mass is 251 g/mol. The van der Waals surface area contributed by atoms with Gasteiger partial charge in [0.1, 0.15) is 0 Å². The Morgan fingerprint density at radius 3 is 3.00 bits per heavy atom. The third-order valence-corrected chi connectivity index (χ3v) is 4.06. The van der Waals surface area contributed by atoms with E-state index in [-0.39, 0.29) is 12.0 Å². The fraction of sp³-hybridized carbons (Fsp3) is 0.917. The summed E-state index contributed by atoms with van der Waals surface area (Å²) < 4.78 is 1.98. The Morgan fingerprint density at radius 2 is 2.28 bits per heavy atom. The highest BCUT2D eigenvalue weighted by Crippen LogP contribution is 2.35. The highest BCUT2D eigenvalue weighted by atomic mass is 16.3. The number of piperidine rings is 1. The molecule has 1 aliphatic heterocycles. The number of aliphatic hydroxyl groups excluding tert-OH is 1. The summed E-state index contributed by atoms with van der Waals surface area (Å²) in [5.74, 6) is 0.972. The molecule has 1 N–H and O–H groups in total. The van der Waals surface area contributed by atoms with Gasteiger partial charge in [0.25, 0.3) is 0 Å². The molecule has 1 unspecified atom stereocenters. The molecule has 2 heterocycles. The molecule has 1 saturated heterocycles. The van der Waals surface area contributed by atoms with Crippen LogP contribution in [0.5, 0.6) is 0 Å². The van der Waals surface area contributed by atoms with E-state index in [1.54, 1.807) is 0 Å². The van der Waals surface area contributed by atoms with Crippen LogP contribution < -0.4 is 0 Å². The summed E-state index contributed by atoms with van der Waals surface area (Å²) in [4.78, 5) is 2.37. The van der Waals surface area contributed by atoms with Crippen LogP contribution >= 0.6 is 0 Å². The predicted molar refractivity (Wildman–Crippen MR) is 65.8 cm³/mol. The van der Waals surface area contributed by atoms with E-state index in [1.807, 2.05) is 4.68 Å². The van der Waals surface area contributed by atoms with Crippen LogP contribution in [0.2, 0.25) is 0 Å². The first kappa shape index (κ1) is 12.0. The molecule has 2 fully saturated rings. The summed E-state index contributed by atoms with van der Waals surface area (Å²) in [5, 5.41) is 21.5. The normalized spacial score (nSPS) is 29.7. The van der Waals surface area contributed by atoms with Crippen molar-refractivity contribution in [2.75, 3.05) is 19.7 Å². The fourth-order valence-corrected chi connectivity index (χ4v) is 2.81. The van der Waals surface area contributed by atoms with E-state index in [9.17, 15) is 5.11 Å². The molecule has 1 saturated carbocycles. The van der Waals surface area contributed by atoms with Gasteiger partial charge in [-0.25, -0.2) is 4.68 Å². The number of aliphatic hydroxyl groups is 1. The van der Waals surface area contributed by atoms with Gasteiger partial charge in [-0.2, -0.15) is 0 Å². The summed E-state index contributed by atoms with van der Waals surface area (Å²) >= 11 is 0. The van der Waals surface area contributed by atoms with Crippen molar-refractivity contribution in [1.82, 2.24) is 25.1 Å². The molecule has 0 amide bonds. The van der Waals surface area contributed by atoms with Gasteiger partial charge in [-0.15, -0.1) is 5.10 Å². The maximum atomic E-state index is 9.47. The van der Waals surface area contributed by atoms with E-state index in [4.69, 9.17) is 0 Å². The standard InChI is InChI=1S/C12H21N5O/c1-12(9-18)5-2-6-16(8-12)7-11-13-14-15-17(11)10-3-4-10/h10,18H,2-9H2,1H3. The second-order valence-electron chi connectivity index (χ2n) is 6.05. The highest BCUT2D eigenvalue weighted by molar-refractivity contribution is 4.92. The number of hydrogen-bond acceptors (Lipinski definition) is 5. The summed E-state index contributed by atoms with van der Waals surface area (Å²) in [6, 6.07) is 0.531. The van der Waals surface area contributed by atoms with E-state index in [1.165, 1.54) is 12.8 Å². The van der Waals surface area contributed by atoms with E-state index in [0.29, 0.717) is 6.04 Å². The Hall–Kier alpha value is -1.01. The maximum Gasteiger partial charge on any atom is 0.165 e. The van der Waals surface area contributed by atoms with Crippen molar-refractivity contribution in [3.8, 4) is 0 Å².